The fourth-order valence-electron chi connectivity index (χ4n) is 2.88. The molecule has 0 aromatic rings. The molecule has 18 heavy (non-hydrogen) atoms. The van der Waals surface area contributed by atoms with Crippen LogP contribution in [-0.4, -0.2) is 34.8 Å². The molecule has 1 heterocycles. The van der Waals surface area contributed by atoms with Crippen molar-refractivity contribution in [1.82, 2.24) is 10.2 Å². The normalized spacial score (nSPS) is 32.9. The number of amides is 2. The lowest BCUT2D eigenvalue weighted by Crippen LogP contribution is -2.70. The van der Waals surface area contributed by atoms with Crippen LogP contribution in [0.3, 0.4) is 0 Å². The molecular weight excluding hydrogens is 228 g/mol. The summed E-state index contributed by atoms with van der Waals surface area (Å²) in [5.41, 5.74) is -0.618. The van der Waals surface area contributed by atoms with E-state index in [9.17, 15) is 9.59 Å². The Morgan fingerprint density at radius 3 is 2.44 bits per heavy atom. The molecule has 0 aromatic carbocycles. The summed E-state index contributed by atoms with van der Waals surface area (Å²) in [5.74, 6) is 0.866. The fourth-order valence-corrected chi connectivity index (χ4v) is 2.88. The van der Waals surface area contributed by atoms with Crippen LogP contribution in [0.5, 0.6) is 0 Å². The first-order valence-electron chi connectivity index (χ1n) is 7.03. The summed E-state index contributed by atoms with van der Waals surface area (Å²) in [4.78, 5) is 26.7. The Morgan fingerprint density at radius 2 is 2.00 bits per heavy atom. The van der Waals surface area contributed by atoms with Gasteiger partial charge in [0.1, 0.15) is 11.6 Å². The maximum absolute atomic E-state index is 12.5. The van der Waals surface area contributed by atoms with E-state index in [0.717, 1.165) is 12.8 Å². The van der Waals surface area contributed by atoms with Gasteiger partial charge in [-0.15, -0.1) is 0 Å². The molecule has 2 atom stereocenters. The van der Waals surface area contributed by atoms with E-state index in [2.05, 4.69) is 19.2 Å². The average molecular weight is 252 g/mol. The molecule has 2 aliphatic rings. The highest BCUT2D eigenvalue weighted by Crippen LogP contribution is 2.45. The van der Waals surface area contributed by atoms with E-state index in [1.54, 1.807) is 0 Å². The third kappa shape index (κ3) is 2.02. The van der Waals surface area contributed by atoms with E-state index in [1.165, 1.54) is 0 Å². The van der Waals surface area contributed by atoms with Crippen LogP contribution in [0.4, 0.5) is 0 Å². The quantitative estimate of drug-likeness (QED) is 0.825. The summed E-state index contributed by atoms with van der Waals surface area (Å²) in [6, 6.07) is -0.330. The smallest absolute Gasteiger partial charge is 0.246 e. The van der Waals surface area contributed by atoms with Gasteiger partial charge in [0.2, 0.25) is 11.8 Å². The second kappa shape index (κ2) is 4.56. The highest BCUT2D eigenvalue weighted by Gasteiger charge is 2.56. The number of carbonyl (C=O) groups is 2. The van der Waals surface area contributed by atoms with Crippen molar-refractivity contribution < 1.29 is 9.59 Å². The van der Waals surface area contributed by atoms with Crippen molar-refractivity contribution in [3.63, 3.8) is 0 Å². The van der Waals surface area contributed by atoms with E-state index in [-0.39, 0.29) is 17.9 Å². The topological polar surface area (TPSA) is 49.4 Å². The highest BCUT2D eigenvalue weighted by atomic mass is 16.2. The Morgan fingerprint density at radius 1 is 1.39 bits per heavy atom. The summed E-state index contributed by atoms with van der Waals surface area (Å²) in [6.45, 7) is 8.74. The van der Waals surface area contributed by atoms with Gasteiger partial charge >= 0.3 is 0 Å². The minimum absolute atomic E-state index is 0.0390. The van der Waals surface area contributed by atoms with Gasteiger partial charge in [0.25, 0.3) is 0 Å². The van der Waals surface area contributed by atoms with Crippen molar-refractivity contribution in [2.24, 2.45) is 11.8 Å². The highest BCUT2D eigenvalue weighted by molar-refractivity contribution is 6.00. The van der Waals surface area contributed by atoms with Crippen LogP contribution in [0.1, 0.15) is 47.0 Å². The number of nitrogens with one attached hydrogen (secondary N) is 1. The summed E-state index contributed by atoms with van der Waals surface area (Å²) >= 11 is 0. The molecule has 1 saturated carbocycles. The number of hydrogen-bond acceptors (Lipinski definition) is 2. The first kappa shape index (κ1) is 13.4. The minimum atomic E-state index is -0.618. The number of nitrogens with zero attached hydrogens (tertiary/aromatic N) is 1. The molecule has 2 rings (SSSR count). The van der Waals surface area contributed by atoms with Crippen LogP contribution in [0, 0.1) is 11.8 Å². The van der Waals surface area contributed by atoms with Crippen molar-refractivity contribution >= 4 is 11.8 Å². The maximum atomic E-state index is 12.5. The maximum Gasteiger partial charge on any atom is 0.246 e. The van der Waals surface area contributed by atoms with Crippen LogP contribution in [0.2, 0.25) is 0 Å². The fraction of sp³-hybridized carbons (Fsp3) is 0.857. The second-order valence-electron chi connectivity index (χ2n) is 6.20. The lowest BCUT2D eigenvalue weighted by atomic mass is 9.87. The van der Waals surface area contributed by atoms with E-state index < -0.39 is 5.54 Å². The van der Waals surface area contributed by atoms with Gasteiger partial charge in [-0.25, -0.2) is 0 Å². The van der Waals surface area contributed by atoms with Crippen LogP contribution >= 0.6 is 0 Å². The molecule has 1 aliphatic carbocycles. The monoisotopic (exact) mass is 252 g/mol. The molecule has 2 amide bonds. The summed E-state index contributed by atoms with van der Waals surface area (Å²) in [7, 11) is 0. The first-order chi connectivity index (χ1) is 8.41. The number of hydrogen-bond donors (Lipinski definition) is 1. The molecule has 1 N–H and O–H groups in total. The third-order valence-corrected chi connectivity index (χ3v) is 4.22. The zero-order valence-corrected chi connectivity index (χ0v) is 11.8. The van der Waals surface area contributed by atoms with Crippen molar-refractivity contribution in [3.8, 4) is 0 Å². The lowest BCUT2D eigenvalue weighted by molar-refractivity contribution is -0.158. The molecule has 4 heteroatoms. The Bertz CT molecular complexity index is 363. The Balaban J connectivity index is 2.30. The van der Waals surface area contributed by atoms with Crippen molar-refractivity contribution in [1.29, 1.82) is 0 Å². The van der Waals surface area contributed by atoms with Crippen molar-refractivity contribution in [2.75, 3.05) is 6.54 Å². The van der Waals surface area contributed by atoms with Crippen LogP contribution < -0.4 is 5.32 Å². The van der Waals surface area contributed by atoms with Crippen LogP contribution in [0.25, 0.3) is 0 Å². The molecule has 102 valence electrons. The Hall–Kier alpha value is -1.06. The predicted octanol–water partition coefficient (Wildman–Crippen LogP) is 1.55. The van der Waals surface area contributed by atoms with E-state index in [1.807, 2.05) is 18.7 Å². The Labute approximate surface area is 109 Å². The van der Waals surface area contributed by atoms with Gasteiger partial charge in [-0.1, -0.05) is 20.8 Å². The van der Waals surface area contributed by atoms with Gasteiger partial charge < -0.3 is 10.2 Å². The zero-order valence-electron chi connectivity index (χ0n) is 11.8. The molecule has 0 radical (unpaired) electrons. The number of piperazine rings is 1. The van der Waals surface area contributed by atoms with Crippen LogP contribution in [-0.2, 0) is 9.59 Å². The SMILES string of the molecule is CCC1NC(=O)C(C)(C2CC2)N(CC(C)C)C1=O. The number of carbonyl (C=O) groups excluding carboxylic acids is 2. The van der Waals surface area contributed by atoms with Gasteiger partial charge in [-0.05, 0) is 38.0 Å². The van der Waals surface area contributed by atoms with Gasteiger partial charge in [0.15, 0.2) is 0 Å². The Kier molecular flexibility index (Phi) is 3.39. The standard InChI is InChI=1S/C14H24N2O2/c1-5-11-12(17)16(8-9(2)3)14(4,10-6-7-10)13(18)15-11/h9-11H,5-8H2,1-4H3,(H,15,18). The van der Waals surface area contributed by atoms with Crippen LogP contribution in [0.15, 0.2) is 0 Å². The average Bonchev–Trinajstić information content (AvgIpc) is 3.13. The van der Waals surface area contributed by atoms with Gasteiger partial charge in [0, 0.05) is 6.54 Å². The number of rotatable bonds is 4. The summed E-state index contributed by atoms with van der Waals surface area (Å²) < 4.78 is 0. The first-order valence-corrected chi connectivity index (χ1v) is 7.03. The van der Waals surface area contributed by atoms with E-state index >= 15 is 0 Å². The molecule has 0 spiro atoms. The molecule has 2 fully saturated rings. The predicted molar refractivity (Wildman–Crippen MR) is 69.9 cm³/mol. The molecule has 1 aliphatic heterocycles. The lowest BCUT2D eigenvalue weighted by Gasteiger charge is -2.47. The van der Waals surface area contributed by atoms with E-state index in [4.69, 9.17) is 0 Å². The van der Waals surface area contributed by atoms with Gasteiger partial charge in [0.05, 0.1) is 0 Å². The third-order valence-electron chi connectivity index (χ3n) is 4.22. The molecule has 4 nitrogen and oxygen atoms in total. The van der Waals surface area contributed by atoms with E-state index in [0.29, 0.717) is 24.8 Å². The van der Waals surface area contributed by atoms with Gasteiger partial charge in [-0.3, -0.25) is 9.59 Å². The minimum Gasteiger partial charge on any atom is -0.342 e. The van der Waals surface area contributed by atoms with Crippen molar-refractivity contribution in [3.05, 3.63) is 0 Å². The molecule has 0 aromatic heterocycles. The summed E-state index contributed by atoms with van der Waals surface area (Å²) in [6.07, 6.45) is 2.78. The molecule has 1 saturated heterocycles. The second-order valence-corrected chi connectivity index (χ2v) is 6.20. The molecule has 0 bridgehead atoms. The molecular formula is C14H24N2O2. The molecule has 2 unspecified atom stereocenters. The van der Waals surface area contributed by atoms with Crippen molar-refractivity contribution in [2.45, 2.75) is 58.5 Å². The van der Waals surface area contributed by atoms with Gasteiger partial charge in [-0.2, -0.15) is 0 Å². The zero-order chi connectivity index (χ0) is 13.5. The largest absolute Gasteiger partial charge is 0.342 e. The summed E-state index contributed by atoms with van der Waals surface area (Å²) in [5, 5.41) is 2.90.